The fourth-order valence-corrected chi connectivity index (χ4v) is 5.02. The second-order valence-electron chi connectivity index (χ2n) is 9.50. The van der Waals surface area contributed by atoms with Gasteiger partial charge in [0.15, 0.2) is 0 Å². The molecular weight excluding hydrogens is 443 g/mol. The van der Waals surface area contributed by atoms with E-state index in [2.05, 4.69) is 29.0 Å². The van der Waals surface area contributed by atoms with Gasteiger partial charge >= 0.3 is 6.18 Å². The van der Waals surface area contributed by atoms with Crippen LogP contribution in [0.15, 0.2) is 42.5 Å². The Hall–Kier alpha value is -2.90. The Morgan fingerprint density at radius 3 is 2.62 bits per heavy atom. The van der Waals surface area contributed by atoms with Gasteiger partial charge in [0.1, 0.15) is 5.75 Å². The van der Waals surface area contributed by atoms with E-state index < -0.39 is 17.7 Å². The zero-order chi connectivity index (χ0) is 24.5. The molecule has 0 spiro atoms. The Bertz CT molecular complexity index is 1020. The van der Waals surface area contributed by atoms with Crippen LogP contribution in [-0.2, 0) is 17.4 Å². The summed E-state index contributed by atoms with van der Waals surface area (Å²) >= 11 is 0. The molecule has 2 aromatic carbocycles. The van der Waals surface area contributed by atoms with Crippen molar-refractivity contribution in [2.45, 2.75) is 38.9 Å². The number of rotatable bonds is 6. The van der Waals surface area contributed by atoms with Crippen LogP contribution in [0, 0.1) is 11.8 Å². The largest absolute Gasteiger partial charge is 0.495 e. The van der Waals surface area contributed by atoms with E-state index in [0.717, 1.165) is 29.6 Å². The van der Waals surface area contributed by atoms with E-state index in [1.807, 2.05) is 24.3 Å². The number of para-hydroxylation sites is 2. The fourth-order valence-electron chi connectivity index (χ4n) is 5.02. The van der Waals surface area contributed by atoms with E-state index in [1.165, 1.54) is 6.07 Å². The van der Waals surface area contributed by atoms with Crippen LogP contribution in [-0.4, -0.2) is 45.2 Å². The molecule has 0 radical (unpaired) electrons. The predicted molar refractivity (Wildman–Crippen MR) is 127 cm³/mol. The number of nitrogens with one attached hydrogen (secondary N) is 1. The molecule has 8 heteroatoms. The number of anilines is 2. The quantitative estimate of drug-likeness (QED) is 0.655. The van der Waals surface area contributed by atoms with Crippen LogP contribution in [0.4, 0.5) is 24.5 Å². The van der Waals surface area contributed by atoms with Crippen LogP contribution >= 0.6 is 0 Å². The summed E-state index contributed by atoms with van der Waals surface area (Å²) < 4.78 is 45.7. The van der Waals surface area contributed by atoms with Gasteiger partial charge in [0.25, 0.3) is 0 Å². The maximum absolute atomic E-state index is 13.4. The van der Waals surface area contributed by atoms with E-state index in [4.69, 9.17) is 4.74 Å². The lowest BCUT2D eigenvalue weighted by molar-refractivity contribution is -0.137. The number of hydrogen-bond acceptors (Lipinski definition) is 4. The molecule has 1 saturated heterocycles. The minimum Gasteiger partial charge on any atom is -0.495 e. The molecule has 0 aliphatic carbocycles. The third-order valence-corrected chi connectivity index (χ3v) is 6.82. The molecule has 2 aliphatic heterocycles. The fraction of sp³-hybridized carbons (Fsp3) is 0.500. The lowest BCUT2D eigenvalue weighted by Crippen LogP contribution is -2.61. The van der Waals surface area contributed by atoms with Crippen molar-refractivity contribution in [2.75, 3.05) is 43.1 Å². The van der Waals surface area contributed by atoms with E-state index in [-0.39, 0.29) is 18.4 Å². The second-order valence-corrected chi connectivity index (χ2v) is 9.50. The number of piperazine rings is 1. The highest BCUT2D eigenvalue weighted by molar-refractivity contribution is 5.82. The van der Waals surface area contributed by atoms with Crippen LogP contribution in [0.3, 0.4) is 0 Å². The Kier molecular flexibility index (Phi) is 6.96. The highest BCUT2D eigenvalue weighted by Crippen LogP contribution is 2.41. The molecule has 0 bridgehead atoms. The monoisotopic (exact) mass is 475 g/mol. The van der Waals surface area contributed by atoms with Gasteiger partial charge in [0.2, 0.25) is 5.91 Å². The normalized spacial score (nSPS) is 20.1. The van der Waals surface area contributed by atoms with E-state index in [0.29, 0.717) is 37.7 Å². The number of alkyl halides is 3. The van der Waals surface area contributed by atoms with Gasteiger partial charge in [-0.25, -0.2) is 0 Å². The zero-order valence-electron chi connectivity index (χ0n) is 19.9. The van der Waals surface area contributed by atoms with Gasteiger partial charge in [-0.1, -0.05) is 26.0 Å². The minimum atomic E-state index is -4.41. The Labute approximate surface area is 198 Å². The Balaban J connectivity index is 1.65. The van der Waals surface area contributed by atoms with E-state index in [1.54, 1.807) is 13.2 Å². The zero-order valence-corrected chi connectivity index (χ0v) is 19.9. The van der Waals surface area contributed by atoms with Crippen LogP contribution in [0.2, 0.25) is 0 Å². The summed E-state index contributed by atoms with van der Waals surface area (Å²) in [5.41, 5.74) is 1.67. The smallest absolute Gasteiger partial charge is 0.416 e. The summed E-state index contributed by atoms with van der Waals surface area (Å²) in [5.74, 6) is 0.676. The number of hydrogen-bond donors (Lipinski definition) is 1. The predicted octanol–water partition coefficient (Wildman–Crippen LogP) is 4.74. The molecule has 0 saturated carbocycles. The SMILES string of the molecule is COc1ccccc1N1CCN2c3ccc(C(F)(F)F)cc3C[C@H](C(=O)NCCC(C)C)[C@H]2C1. The number of carbonyl (C=O) groups is 1. The maximum Gasteiger partial charge on any atom is 0.416 e. The molecule has 1 N–H and O–H groups in total. The molecular formula is C26H32F3N3O2. The van der Waals surface area contributed by atoms with Crippen LogP contribution in [0.25, 0.3) is 0 Å². The first kappa shape index (κ1) is 24.2. The molecule has 4 rings (SSSR count). The van der Waals surface area contributed by atoms with Crippen molar-refractivity contribution < 1.29 is 22.7 Å². The molecule has 1 fully saturated rings. The molecule has 34 heavy (non-hydrogen) atoms. The number of amides is 1. The number of methoxy groups -OCH3 is 1. The van der Waals surface area contributed by atoms with Crippen molar-refractivity contribution in [3.8, 4) is 5.75 Å². The summed E-state index contributed by atoms with van der Waals surface area (Å²) in [4.78, 5) is 17.6. The summed E-state index contributed by atoms with van der Waals surface area (Å²) in [7, 11) is 1.63. The molecule has 2 atom stereocenters. The molecule has 0 aromatic heterocycles. The number of carbonyl (C=O) groups excluding carboxylic acids is 1. The highest BCUT2D eigenvalue weighted by atomic mass is 19.4. The van der Waals surface area contributed by atoms with Gasteiger partial charge in [-0.15, -0.1) is 0 Å². The number of nitrogens with zero attached hydrogens (tertiary/aromatic N) is 2. The van der Waals surface area contributed by atoms with Gasteiger partial charge in [0, 0.05) is 31.9 Å². The highest BCUT2D eigenvalue weighted by Gasteiger charge is 2.43. The molecule has 184 valence electrons. The van der Waals surface area contributed by atoms with Gasteiger partial charge < -0.3 is 19.9 Å². The molecule has 1 amide bonds. The lowest BCUT2D eigenvalue weighted by atomic mass is 9.82. The van der Waals surface area contributed by atoms with Crippen LogP contribution < -0.4 is 19.9 Å². The van der Waals surface area contributed by atoms with Gasteiger partial charge in [-0.3, -0.25) is 4.79 Å². The number of halogens is 3. The maximum atomic E-state index is 13.4. The summed E-state index contributed by atoms with van der Waals surface area (Å²) in [6, 6.07) is 11.6. The average molecular weight is 476 g/mol. The lowest BCUT2D eigenvalue weighted by Gasteiger charge is -2.49. The van der Waals surface area contributed by atoms with E-state index >= 15 is 0 Å². The first-order valence-electron chi connectivity index (χ1n) is 11.8. The van der Waals surface area contributed by atoms with Crippen molar-refractivity contribution in [2.24, 2.45) is 11.8 Å². The Morgan fingerprint density at radius 1 is 1.15 bits per heavy atom. The van der Waals surface area contributed by atoms with Gasteiger partial charge in [0.05, 0.1) is 30.3 Å². The van der Waals surface area contributed by atoms with Crippen molar-refractivity contribution in [1.82, 2.24) is 5.32 Å². The van der Waals surface area contributed by atoms with Gasteiger partial charge in [-0.05, 0) is 54.7 Å². The van der Waals surface area contributed by atoms with Crippen molar-refractivity contribution >= 4 is 17.3 Å². The summed E-state index contributed by atoms with van der Waals surface area (Å²) in [6.07, 6.45) is -3.27. The van der Waals surface area contributed by atoms with Crippen molar-refractivity contribution in [1.29, 1.82) is 0 Å². The second kappa shape index (κ2) is 9.76. The van der Waals surface area contributed by atoms with Crippen LogP contribution in [0.1, 0.15) is 31.4 Å². The first-order chi connectivity index (χ1) is 16.2. The number of fused-ring (bicyclic) bond motifs is 3. The molecule has 2 aromatic rings. The first-order valence-corrected chi connectivity index (χ1v) is 11.8. The van der Waals surface area contributed by atoms with Crippen molar-refractivity contribution in [3.05, 3.63) is 53.6 Å². The number of benzene rings is 2. The van der Waals surface area contributed by atoms with E-state index in [9.17, 15) is 18.0 Å². The third-order valence-electron chi connectivity index (χ3n) is 6.82. The molecule has 5 nitrogen and oxygen atoms in total. The third kappa shape index (κ3) is 4.95. The number of ether oxygens (including phenoxy) is 1. The molecule has 2 aliphatic rings. The topological polar surface area (TPSA) is 44.8 Å². The minimum absolute atomic E-state index is 0.0967. The van der Waals surface area contributed by atoms with Crippen molar-refractivity contribution in [3.63, 3.8) is 0 Å². The van der Waals surface area contributed by atoms with Crippen LogP contribution in [0.5, 0.6) is 5.75 Å². The molecule has 2 heterocycles. The average Bonchev–Trinajstić information content (AvgIpc) is 2.81. The molecule has 0 unspecified atom stereocenters. The Morgan fingerprint density at radius 2 is 1.91 bits per heavy atom. The standard InChI is InChI=1S/C26H32F3N3O2/c1-17(2)10-11-30-25(33)20-15-18-14-19(26(27,28)29)8-9-21(18)32-13-12-31(16-23(20)32)22-6-4-5-7-24(22)34-3/h4-9,14,17,20,23H,10-13,15-16H2,1-3H3,(H,30,33)/t20-,23+/m0/s1. The summed E-state index contributed by atoms with van der Waals surface area (Å²) in [5, 5.41) is 3.04. The summed E-state index contributed by atoms with van der Waals surface area (Å²) in [6.45, 7) is 6.62. The van der Waals surface area contributed by atoms with Gasteiger partial charge in [-0.2, -0.15) is 13.2 Å².